The first-order valence-electron chi connectivity index (χ1n) is 4.14. The molecular formula is C10H15NOS. The van der Waals surface area contributed by atoms with Crippen molar-refractivity contribution in [2.45, 2.75) is 11.3 Å². The van der Waals surface area contributed by atoms with E-state index in [1.165, 1.54) is 4.90 Å². The predicted octanol–water partition coefficient (Wildman–Crippen LogP) is 1.33. The van der Waals surface area contributed by atoms with Gasteiger partial charge in [-0.05, 0) is 29.0 Å². The average Bonchev–Trinajstić information content (AvgIpc) is 2.03. The second-order valence-corrected chi connectivity index (χ2v) is 5.51. The Bertz CT molecular complexity index is 310. The van der Waals surface area contributed by atoms with Crippen LogP contribution in [0.4, 0.5) is 0 Å². The van der Waals surface area contributed by atoms with Crippen LogP contribution in [0.1, 0.15) is 5.56 Å². The maximum Gasteiger partial charge on any atom is 0.221 e. The number of benzene rings is 1. The zero-order valence-corrected chi connectivity index (χ0v) is 8.84. The van der Waals surface area contributed by atoms with Crippen molar-refractivity contribution in [2.24, 2.45) is 5.73 Å². The quantitative estimate of drug-likeness (QED) is 0.705. The Kier molecular flexibility index (Phi) is 3.37. The second kappa shape index (κ2) is 4.33. The fourth-order valence-electron chi connectivity index (χ4n) is 1.15. The van der Waals surface area contributed by atoms with Gasteiger partial charge in [-0.2, -0.15) is 0 Å². The molecule has 0 saturated heterocycles. The van der Waals surface area contributed by atoms with E-state index in [-0.39, 0.29) is 16.8 Å². The van der Waals surface area contributed by atoms with Crippen LogP contribution in [0.25, 0.3) is 0 Å². The first-order valence-corrected chi connectivity index (χ1v) is 6.38. The molecule has 2 N–H and O–H groups in total. The van der Waals surface area contributed by atoms with Crippen LogP contribution in [0.3, 0.4) is 0 Å². The molecule has 0 saturated carbocycles. The largest absolute Gasteiger partial charge is 0.369 e. The van der Waals surface area contributed by atoms with Gasteiger partial charge in [-0.15, -0.1) is 0 Å². The molecule has 0 unspecified atom stereocenters. The number of carbonyl (C=O) groups excluding carboxylic acids is 1. The molecule has 1 aromatic carbocycles. The molecular weight excluding hydrogens is 182 g/mol. The van der Waals surface area contributed by atoms with E-state index >= 15 is 0 Å². The summed E-state index contributed by atoms with van der Waals surface area (Å²) in [5, 5.41) is 0. The van der Waals surface area contributed by atoms with E-state index in [4.69, 9.17) is 5.73 Å². The third kappa shape index (κ3) is 3.11. The number of thiol groups is 1. The van der Waals surface area contributed by atoms with Gasteiger partial charge in [0.25, 0.3) is 0 Å². The minimum Gasteiger partial charge on any atom is -0.369 e. The van der Waals surface area contributed by atoms with E-state index in [0.29, 0.717) is 6.42 Å². The molecule has 0 atom stereocenters. The minimum atomic E-state index is -0.270. The van der Waals surface area contributed by atoms with Gasteiger partial charge in [0, 0.05) is 0 Å². The molecule has 13 heavy (non-hydrogen) atoms. The zero-order chi connectivity index (χ0) is 9.84. The van der Waals surface area contributed by atoms with E-state index in [9.17, 15) is 4.79 Å². The van der Waals surface area contributed by atoms with Crippen molar-refractivity contribution in [2.75, 3.05) is 12.5 Å². The van der Waals surface area contributed by atoms with Crippen molar-refractivity contribution in [3.63, 3.8) is 0 Å². The summed E-state index contributed by atoms with van der Waals surface area (Å²) in [6.07, 6.45) is 4.73. The van der Waals surface area contributed by atoms with Crippen molar-refractivity contribution >= 4 is 16.8 Å². The van der Waals surface area contributed by atoms with Crippen LogP contribution in [0, 0.1) is 0 Å². The first-order chi connectivity index (χ1) is 6.09. The zero-order valence-electron chi connectivity index (χ0n) is 7.95. The molecule has 0 aliphatic rings. The van der Waals surface area contributed by atoms with Crippen molar-refractivity contribution in [3.05, 3.63) is 29.8 Å². The van der Waals surface area contributed by atoms with Crippen LogP contribution in [0.2, 0.25) is 0 Å². The average molecular weight is 197 g/mol. The Morgan fingerprint density at radius 1 is 1.46 bits per heavy atom. The number of hydrogen-bond donors (Lipinski definition) is 2. The molecule has 0 fully saturated rings. The van der Waals surface area contributed by atoms with Crippen LogP contribution >= 0.6 is 10.9 Å². The molecule has 0 aliphatic heterocycles. The van der Waals surface area contributed by atoms with Gasteiger partial charge < -0.3 is 5.73 Å². The Hall–Kier alpha value is -0.960. The summed E-state index contributed by atoms with van der Waals surface area (Å²) < 4.78 is 0. The maximum atomic E-state index is 10.7. The van der Waals surface area contributed by atoms with Gasteiger partial charge >= 0.3 is 0 Å². The third-order valence-electron chi connectivity index (χ3n) is 1.81. The Labute approximate surface area is 81.5 Å². The molecule has 0 aliphatic carbocycles. The molecule has 3 heteroatoms. The lowest BCUT2D eigenvalue weighted by atomic mass is 10.1. The van der Waals surface area contributed by atoms with Gasteiger partial charge in [0.1, 0.15) is 0 Å². The summed E-state index contributed by atoms with van der Waals surface area (Å²) in [5.41, 5.74) is 6.13. The van der Waals surface area contributed by atoms with E-state index in [1.54, 1.807) is 0 Å². The van der Waals surface area contributed by atoms with E-state index in [1.807, 2.05) is 12.1 Å². The van der Waals surface area contributed by atoms with Gasteiger partial charge in [0.15, 0.2) is 0 Å². The Morgan fingerprint density at radius 2 is 2.15 bits per heavy atom. The number of nitrogens with two attached hydrogens (primary N) is 1. The van der Waals surface area contributed by atoms with E-state index < -0.39 is 0 Å². The number of primary amides is 1. The molecule has 2 nitrogen and oxygen atoms in total. The predicted molar refractivity (Wildman–Crippen MR) is 58.4 cm³/mol. The Balaban J connectivity index is 2.85. The standard InChI is InChI=1S/C10H15NOS/c1-13(2)9-5-3-4-8(6-9)7-10(11)12/h3-6,13H,7H2,1-2H3,(H2,11,12). The summed E-state index contributed by atoms with van der Waals surface area (Å²) in [7, 11) is -0.0889. The molecule has 0 heterocycles. The van der Waals surface area contributed by atoms with Gasteiger partial charge in [-0.25, -0.2) is 10.9 Å². The number of hydrogen-bond acceptors (Lipinski definition) is 1. The van der Waals surface area contributed by atoms with E-state index in [0.717, 1.165) is 5.56 Å². The van der Waals surface area contributed by atoms with Crippen molar-refractivity contribution in [1.29, 1.82) is 0 Å². The summed E-state index contributed by atoms with van der Waals surface area (Å²) in [5.74, 6) is -0.270. The van der Waals surface area contributed by atoms with Crippen LogP contribution in [0.15, 0.2) is 29.2 Å². The second-order valence-electron chi connectivity index (χ2n) is 3.21. The monoisotopic (exact) mass is 197 g/mol. The summed E-state index contributed by atoms with van der Waals surface area (Å²) in [4.78, 5) is 12.0. The van der Waals surface area contributed by atoms with E-state index in [2.05, 4.69) is 24.6 Å². The van der Waals surface area contributed by atoms with Crippen LogP contribution < -0.4 is 5.73 Å². The summed E-state index contributed by atoms with van der Waals surface area (Å²) in [6.45, 7) is 0. The minimum absolute atomic E-state index is 0.0889. The summed E-state index contributed by atoms with van der Waals surface area (Å²) >= 11 is 0. The van der Waals surface area contributed by atoms with Gasteiger partial charge in [0.05, 0.1) is 6.42 Å². The molecule has 1 rings (SSSR count). The topological polar surface area (TPSA) is 43.1 Å². The number of rotatable bonds is 3. The first kappa shape index (κ1) is 10.1. The lowest BCUT2D eigenvalue weighted by Crippen LogP contribution is -2.13. The molecule has 1 amide bonds. The Morgan fingerprint density at radius 3 is 2.69 bits per heavy atom. The highest BCUT2D eigenvalue weighted by atomic mass is 32.2. The highest BCUT2D eigenvalue weighted by Gasteiger charge is 2.00. The molecule has 0 bridgehead atoms. The van der Waals surface area contributed by atoms with Crippen LogP contribution in [0.5, 0.6) is 0 Å². The van der Waals surface area contributed by atoms with Gasteiger partial charge in [0.2, 0.25) is 5.91 Å². The molecule has 0 spiro atoms. The fraction of sp³-hybridized carbons (Fsp3) is 0.300. The van der Waals surface area contributed by atoms with Crippen LogP contribution in [-0.2, 0) is 11.2 Å². The third-order valence-corrected chi connectivity index (χ3v) is 3.12. The van der Waals surface area contributed by atoms with Gasteiger partial charge in [-0.1, -0.05) is 18.2 Å². The smallest absolute Gasteiger partial charge is 0.221 e. The molecule has 1 aromatic rings. The molecule has 0 radical (unpaired) electrons. The van der Waals surface area contributed by atoms with Crippen LogP contribution in [-0.4, -0.2) is 18.4 Å². The normalized spacial score (nSPS) is 11.1. The lowest BCUT2D eigenvalue weighted by Gasteiger charge is -2.10. The SMILES string of the molecule is C[SH](C)c1cccc(CC(N)=O)c1. The maximum absolute atomic E-state index is 10.7. The summed E-state index contributed by atoms with van der Waals surface area (Å²) in [6, 6.07) is 8.08. The molecule has 72 valence electrons. The fourth-order valence-corrected chi connectivity index (χ4v) is 1.95. The number of carbonyl (C=O) groups is 1. The van der Waals surface area contributed by atoms with Crippen molar-refractivity contribution < 1.29 is 4.79 Å². The highest BCUT2D eigenvalue weighted by molar-refractivity contribution is 8.15. The number of amides is 1. The van der Waals surface area contributed by atoms with Crippen molar-refractivity contribution in [3.8, 4) is 0 Å². The van der Waals surface area contributed by atoms with Gasteiger partial charge in [-0.3, -0.25) is 4.79 Å². The highest BCUT2D eigenvalue weighted by Crippen LogP contribution is 2.28. The lowest BCUT2D eigenvalue weighted by molar-refractivity contribution is -0.117. The molecule has 0 aromatic heterocycles. The van der Waals surface area contributed by atoms with Crippen molar-refractivity contribution in [1.82, 2.24) is 0 Å².